The normalized spacial score (nSPS) is 10.2. The van der Waals surface area contributed by atoms with E-state index < -0.39 is 5.82 Å². The van der Waals surface area contributed by atoms with E-state index in [0.29, 0.717) is 11.3 Å². The van der Waals surface area contributed by atoms with Gasteiger partial charge in [0.1, 0.15) is 0 Å². The number of amides is 1. The second-order valence-corrected chi connectivity index (χ2v) is 5.18. The number of anilines is 1. The zero-order chi connectivity index (χ0) is 14.7. The van der Waals surface area contributed by atoms with Crippen molar-refractivity contribution in [3.05, 3.63) is 57.8 Å². The third kappa shape index (κ3) is 3.17. The minimum absolute atomic E-state index is 0.140. The van der Waals surface area contributed by atoms with Gasteiger partial charge in [0.05, 0.1) is 7.11 Å². The summed E-state index contributed by atoms with van der Waals surface area (Å²) in [5.41, 5.74) is 1.77. The van der Waals surface area contributed by atoms with Crippen LogP contribution in [0.1, 0.15) is 15.9 Å². The zero-order valence-corrected chi connectivity index (χ0v) is 12.6. The Labute approximate surface area is 124 Å². The van der Waals surface area contributed by atoms with Crippen LogP contribution < -0.4 is 10.1 Å². The van der Waals surface area contributed by atoms with Gasteiger partial charge in [0.15, 0.2) is 11.6 Å². The predicted molar refractivity (Wildman–Crippen MR) is 79.8 cm³/mol. The fourth-order valence-electron chi connectivity index (χ4n) is 1.78. The third-order valence-electron chi connectivity index (χ3n) is 2.85. The highest BCUT2D eigenvalue weighted by atomic mass is 79.9. The minimum atomic E-state index is -0.517. The first-order valence-corrected chi connectivity index (χ1v) is 6.71. The average Bonchev–Trinajstić information content (AvgIpc) is 2.41. The van der Waals surface area contributed by atoms with E-state index in [1.165, 1.54) is 19.2 Å². The molecule has 2 rings (SSSR count). The molecular formula is C15H13BrFNO2. The molecule has 0 aliphatic heterocycles. The highest BCUT2D eigenvalue weighted by Crippen LogP contribution is 2.22. The minimum Gasteiger partial charge on any atom is -0.494 e. The van der Waals surface area contributed by atoms with Crippen LogP contribution in [0.4, 0.5) is 10.1 Å². The van der Waals surface area contributed by atoms with Crippen LogP contribution in [-0.4, -0.2) is 13.0 Å². The van der Waals surface area contributed by atoms with Crippen molar-refractivity contribution >= 4 is 27.5 Å². The molecule has 0 fully saturated rings. The number of ether oxygens (including phenoxy) is 1. The van der Waals surface area contributed by atoms with Crippen LogP contribution >= 0.6 is 15.9 Å². The summed E-state index contributed by atoms with van der Waals surface area (Å²) < 4.78 is 19.2. The standard InChI is InChI=1S/C15H13BrFNO2/c1-9-3-4-10(16)7-12(9)15(19)18-11-5-6-14(20-2)13(17)8-11/h3-8H,1-2H3,(H,18,19). The van der Waals surface area contributed by atoms with E-state index in [-0.39, 0.29) is 11.7 Å². The molecule has 20 heavy (non-hydrogen) atoms. The topological polar surface area (TPSA) is 38.3 Å². The molecule has 5 heteroatoms. The predicted octanol–water partition coefficient (Wildman–Crippen LogP) is 4.16. The first-order valence-electron chi connectivity index (χ1n) is 5.92. The van der Waals surface area contributed by atoms with Crippen molar-refractivity contribution in [2.24, 2.45) is 0 Å². The average molecular weight is 338 g/mol. The van der Waals surface area contributed by atoms with Gasteiger partial charge in [-0.25, -0.2) is 4.39 Å². The van der Waals surface area contributed by atoms with Crippen LogP contribution in [0.3, 0.4) is 0 Å². The lowest BCUT2D eigenvalue weighted by molar-refractivity contribution is 0.102. The van der Waals surface area contributed by atoms with Crippen LogP contribution in [-0.2, 0) is 0 Å². The van der Waals surface area contributed by atoms with Gasteiger partial charge in [0, 0.05) is 21.8 Å². The number of nitrogens with one attached hydrogen (secondary N) is 1. The smallest absolute Gasteiger partial charge is 0.255 e. The Morgan fingerprint density at radius 2 is 2.00 bits per heavy atom. The SMILES string of the molecule is COc1ccc(NC(=O)c2cc(Br)ccc2C)cc1F. The molecule has 104 valence electrons. The van der Waals surface area contributed by atoms with Crippen LogP contribution in [0.2, 0.25) is 0 Å². The summed E-state index contributed by atoms with van der Waals surface area (Å²) in [6.45, 7) is 1.84. The molecular weight excluding hydrogens is 325 g/mol. The van der Waals surface area contributed by atoms with E-state index in [1.807, 2.05) is 19.1 Å². The Balaban J connectivity index is 2.23. The van der Waals surface area contributed by atoms with Gasteiger partial charge >= 0.3 is 0 Å². The van der Waals surface area contributed by atoms with Gasteiger partial charge in [-0.3, -0.25) is 4.79 Å². The number of methoxy groups -OCH3 is 1. The maximum atomic E-state index is 13.6. The molecule has 3 nitrogen and oxygen atoms in total. The molecule has 0 spiro atoms. The van der Waals surface area contributed by atoms with Gasteiger partial charge in [-0.2, -0.15) is 0 Å². The quantitative estimate of drug-likeness (QED) is 0.913. The summed E-state index contributed by atoms with van der Waals surface area (Å²) >= 11 is 3.32. The monoisotopic (exact) mass is 337 g/mol. The van der Waals surface area contributed by atoms with Gasteiger partial charge < -0.3 is 10.1 Å². The summed E-state index contributed by atoms with van der Waals surface area (Å²) in [5.74, 6) is -0.661. The molecule has 0 saturated heterocycles. The molecule has 0 atom stereocenters. The summed E-state index contributed by atoms with van der Waals surface area (Å²) in [7, 11) is 1.39. The van der Waals surface area contributed by atoms with Crippen LogP contribution in [0.5, 0.6) is 5.75 Å². The molecule has 2 aromatic carbocycles. The van der Waals surface area contributed by atoms with Gasteiger partial charge in [-0.15, -0.1) is 0 Å². The number of rotatable bonds is 3. The number of benzene rings is 2. The van der Waals surface area contributed by atoms with Crippen molar-refractivity contribution in [3.63, 3.8) is 0 Å². The highest BCUT2D eigenvalue weighted by molar-refractivity contribution is 9.10. The van der Waals surface area contributed by atoms with E-state index in [9.17, 15) is 9.18 Å². The lowest BCUT2D eigenvalue weighted by Crippen LogP contribution is -2.13. The van der Waals surface area contributed by atoms with Crippen molar-refractivity contribution in [2.45, 2.75) is 6.92 Å². The van der Waals surface area contributed by atoms with E-state index in [4.69, 9.17) is 4.74 Å². The van der Waals surface area contributed by atoms with Gasteiger partial charge in [0.2, 0.25) is 0 Å². The van der Waals surface area contributed by atoms with Crippen molar-refractivity contribution < 1.29 is 13.9 Å². The number of hydrogen-bond acceptors (Lipinski definition) is 2. The molecule has 0 bridgehead atoms. The van der Waals surface area contributed by atoms with Crippen molar-refractivity contribution in [1.82, 2.24) is 0 Å². The molecule has 0 aliphatic rings. The van der Waals surface area contributed by atoms with Gasteiger partial charge in [-0.05, 0) is 36.8 Å². The lowest BCUT2D eigenvalue weighted by atomic mass is 10.1. The highest BCUT2D eigenvalue weighted by Gasteiger charge is 2.11. The van der Waals surface area contributed by atoms with E-state index >= 15 is 0 Å². The molecule has 0 unspecified atom stereocenters. The maximum absolute atomic E-state index is 13.6. The Hall–Kier alpha value is -1.88. The molecule has 2 aromatic rings. The van der Waals surface area contributed by atoms with E-state index in [0.717, 1.165) is 10.0 Å². The number of halogens is 2. The van der Waals surface area contributed by atoms with Crippen molar-refractivity contribution in [1.29, 1.82) is 0 Å². The van der Waals surface area contributed by atoms with Crippen molar-refractivity contribution in [3.8, 4) is 5.75 Å². The molecule has 1 N–H and O–H groups in total. The van der Waals surface area contributed by atoms with Gasteiger partial charge in [0.25, 0.3) is 5.91 Å². The Morgan fingerprint density at radius 3 is 2.65 bits per heavy atom. The second-order valence-electron chi connectivity index (χ2n) is 4.26. The number of carbonyl (C=O) groups is 1. The lowest BCUT2D eigenvalue weighted by Gasteiger charge is -2.09. The first-order chi connectivity index (χ1) is 9.51. The van der Waals surface area contributed by atoms with Crippen LogP contribution in [0.15, 0.2) is 40.9 Å². The Bertz CT molecular complexity index is 658. The number of carbonyl (C=O) groups excluding carboxylic acids is 1. The Kier molecular flexibility index (Phi) is 4.39. The largest absolute Gasteiger partial charge is 0.494 e. The fraction of sp³-hybridized carbons (Fsp3) is 0.133. The molecule has 0 saturated carbocycles. The molecule has 1 amide bonds. The summed E-state index contributed by atoms with van der Waals surface area (Å²) in [6, 6.07) is 9.72. The third-order valence-corrected chi connectivity index (χ3v) is 3.35. The van der Waals surface area contributed by atoms with Crippen molar-refractivity contribution in [2.75, 3.05) is 12.4 Å². The summed E-state index contributed by atoms with van der Waals surface area (Å²) in [6.07, 6.45) is 0. The van der Waals surface area contributed by atoms with Gasteiger partial charge in [-0.1, -0.05) is 22.0 Å². The summed E-state index contributed by atoms with van der Waals surface area (Å²) in [4.78, 5) is 12.2. The Morgan fingerprint density at radius 1 is 1.25 bits per heavy atom. The summed E-state index contributed by atoms with van der Waals surface area (Å²) in [5, 5.41) is 2.66. The fourth-order valence-corrected chi connectivity index (χ4v) is 2.14. The van der Waals surface area contributed by atoms with Crippen LogP contribution in [0.25, 0.3) is 0 Å². The molecule has 0 aliphatic carbocycles. The van der Waals surface area contributed by atoms with E-state index in [1.54, 1.807) is 12.1 Å². The van der Waals surface area contributed by atoms with Crippen LogP contribution in [0, 0.1) is 12.7 Å². The first kappa shape index (κ1) is 14.5. The number of hydrogen-bond donors (Lipinski definition) is 1. The second kappa shape index (κ2) is 6.05. The number of aryl methyl sites for hydroxylation is 1. The zero-order valence-electron chi connectivity index (χ0n) is 11.0. The molecule has 0 aromatic heterocycles. The molecule has 0 radical (unpaired) electrons. The molecule has 0 heterocycles. The van der Waals surface area contributed by atoms with E-state index in [2.05, 4.69) is 21.2 Å². The maximum Gasteiger partial charge on any atom is 0.255 e.